The van der Waals surface area contributed by atoms with Crippen LogP contribution in [0.15, 0.2) is 62.6 Å². The van der Waals surface area contributed by atoms with Crippen molar-refractivity contribution in [3.63, 3.8) is 0 Å². The zero-order chi connectivity index (χ0) is 32.7. The van der Waals surface area contributed by atoms with Gasteiger partial charge in [-0.1, -0.05) is 0 Å². The fraction of sp³-hybridized carbons (Fsp3) is 0.394. The lowest BCUT2D eigenvalue weighted by atomic mass is 10.0. The molecule has 4 aliphatic heterocycles. The van der Waals surface area contributed by atoms with Crippen molar-refractivity contribution in [1.29, 1.82) is 0 Å². The highest BCUT2D eigenvalue weighted by atomic mass is 19.4. The number of halogens is 3. The van der Waals surface area contributed by atoms with Gasteiger partial charge in [0.25, 0.3) is 5.56 Å². The first-order chi connectivity index (χ1) is 22.7. The van der Waals surface area contributed by atoms with Crippen LogP contribution >= 0.6 is 0 Å². The number of anilines is 3. The van der Waals surface area contributed by atoms with Crippen LogP contribution in [-0.4, -0.2) is 76.5 Å². The molecule has 2 saturated heterocycles. The minimum Gasteiger partial charge on any atom is -0.368 e. The number of fused-ring (bicyclic) bond motifs is 1. The summed E-state index contributed by atoms with van der Waals surface area (Å²) in [5.41, 5.74) is 2.93. The van der Waals surface area contributed by atoms with E-state index in [2.05, 4.69) is 25.6 Å². The number of pyridine rings is 1. The molecule has 7 rings (SSSR count). The van der Waals surface area contributed by atoms with Gasteiger partial charge in [0.15, 0.2) is 0 Å². The molecule has 0 unspecified atom stereocenters. The first-order valence-electron chi connectivity index (χ1n) is 15.8. The van der Waals surface area contributed by atoms with E-state index in [1.807, 2.05) is 13.1 Å². The van der Waals surface area contributed by atoms with Gasteiger partial charge in [-0.15, -0.1) is 0 Å². The fourth-order valence-corrected chi connectivity index (χ4v) is 6.51. The molecule has 47 heavy (non-hydrogen) atoms. The fourth-order valence-electron chi connectivity index (χ4n) is 6.51. The maximum Gasteiger partial charge on any atom is 0.418 e. The lowest BCUT2D eigenvalue weighted by Crippen LogP contribution is -2.44. The molecule has 2 N–H and O–H groups in total. The van der Waals surface area contributed by atoms with Crippen LogP contribution in [0.3, 0.4) is 0 Å². The smallest absolute Gasteiger partial charge is 0.368 e. The largest absolute Gasteiger partial charge is 0.418 e. The van der Waals surface area contributed by atoms with Gasteiger partial charge in [-0.05, 0) is 55.2 Å². The number of hydrogen-bond donors (Lipinski definition) is 2. The number of aromatic nitrogens is 3. The number of alkyl halides is 3. The van der Waals surface area contributed by atoms with Crippen LogP contribution in [0.5, 0.6) is 0 Å². The Labute approximate surface area is 268 Å². The molecule has 0 spiro atoms. The van der Waals surface area contributed by atoms with E-state index in [1.54, 1.807) is 28.1 Å². The topological polar surface area (TPSA) is 120 Å². The molecule has 3 aromatic rings. The number of rotatable bonds is 7. The Morgan fingerprint density at radius 3 is 2.60 bits per heavy atom. The van der Waals surface area contributed by atoms with Crippen LogP contribution in [0.1, 0.15) is 43.7 Å². The second-order valence-electron chi connectivity index (χ2n) is 12.2. The summed E-state index contributed by atoms with van der Waals surface area (Å²) < 4.78 is 43.9. The van der Waals surface area contributed by atoms with E-state index in [-0.39, 0.29) is 35.4 Å². The van der Waals surface area contributed by atoms with Crippen LogP contribution in [-0.2, 0) is 17.5 Å². The standard InChI is InChI=1S/C33H34F3N9O2/c1-20-14-26(21-6-7-38-17-21)41-29(20)24-15-22-18-39-32(42-30(22)45(31(24)47)19-28(46)44-10-2-3-11-44)40-23-4-5-27(25(16-23)33(34,35)36)43-12-8-37-9-13-43/h4-5,7,15-18,37H,2-3,6,8-14,19H2,1H3,(H,39,40,42). The van der Waals surface area contributed by atoms with Gasteiger partial charge in [0.05, 0.1) is 22.5 Å². The molecule has 1 amide bonds. The molecule has 0 aliphatic carbocycles. The highest BCUT2D eigenvalue weighted by molar-refractivity contribution is 6.10. The number of likely N-dealkylation sites (tertiary alicyclic amines) is 1. The van der Waals surface area contributed by atoms with E-state index in [4.69, 9.17) is 4.99 Å². The third-order valence-corrected chi connectivity index (χ3v) is 8.95. The van der Waals surface area contributed by atoms with E-state index in [0.29, 0.717) is 68.8 Å². The number of piperazine rings is 1. The summed E-state index contributed by atoms with van der Waals surface area (Å²) in [7, 11) is 0. The number of nitrogens with zero attached hydrogens (tertiary/aromatic N) is 7. The molecule has 11 nitrogen and oxygen atoms in total. The molecular formula is C33H34F3N9O2. The van der Waals surface area contributed by atoms with Gasteiger partial charge in [-0.25, -0.2) is 4.98 Å². The Morgan fingerprint density at radius 2 is 1.87 bits per heavy atom. The van der Waals surface area contributed by atoms with Crippen molar-refractivity contribution in [2.45, 2.75) is 45.3 Å². The van der Waals surface area contributed by atoms with Gasteiger partial charge in [0.2, 0.25) is 11.9 Å². The maximum atomic E-state index is 14.2. The highest BCUT2D eigenvalue weighted by Crippen LogP contribution is 2.39. The average Bonchev–Trinajstić information content (AvgIpc) is 3.86. The minimum absolute atomic E-state index is 0.000177. The summed E-state index contributed by atoms with van der Waals surface area (Å²) in [6, 6.07) is 5.73. The molecule has 4 aliphatic rings. The first kappa shape index (κ1) is 30.8. The number of carbonyl (C=O) groups is 1. The number of aliphatic imine (C=N–C) groups is 2. The summed E-state index contributed by atoms with van der Waals surface area (Å²) in [6.07, 6.45) is 3.58. The van der Waals surface area contributed by atoms with Gasteiger partial charge in [-0.2, -0.15) is 18.2 Å². The quantitative estimate of drug-likeness (QED) is 0.388. The molecule has 0 bridgehead atoms. The Bertz CT molecular complexity index is 1930. The van der Waals surface area contributed by atoms with E-state index in [0.717, 1.165) is 35.8 Å². The SMILES string of the molecule is CC1=C(c2cc3cnc(Nc4ccc(N5CCNCC5)c(C(F)(F)F)c4)nc3n(CC(=O)N3CCCC3)c2=O)N=C(C2=CN=CC2)C1. The first-order valence-corrected chi connectivity index (χ1v) is 15.8. The molecule has 1 aromatic carbocycles. The van der Waals surface area contributed by atoms with E-state index in [9.17, 15) is 22.8 Å². The zero-order valence-corrected chi connectivity index (χ0v) is 25.9. The summed E-state index contributed by atoms with van der Waals surface area (Å²) in [4.78, 5) is 48.9. The van der Waals surface area contributed by atoms with Crippen LogP contribution < -0.4 is 21.1 Å². The monoisotopic (exact) mass is 645 g/mol. The highest BCUT2D eigenvalue weighted by Gasteiger charge is 2.35. The molecule has 2 fully saturated rings. The van der Waals surface area contributed by atoms with Crippen LogP contribution in [0, 0.1) is 0 Å². The second kappa shape index (κ2) is 12.4. The van der Waals surface area contributed by atoms with E-state index >= 15 is 0 Å². The summed E-state index contributed by atoms with van der Waals surface area (Å²) in [6.45, 7) is 5.06. The lowest BCUT2D eigenvalue weighted by molar-refractivity contribution is -0.137. The molecule has 0 saturated carbocycles. The van der Waals surface area contributed by atoms with Gasteiger partial charge in [0, 0.05) is 87.5 Å². The predicted octanol–water partition coefficient (Wildman–Crippen LogP) is 4.52. The Morgan fingerprint density at radius 1 is 1.09 bits per heavy atom. The Balaban J connectivity index is 1.27. The van der Waals surface area contributed by atoms with Gasteiger partial charge in [-0.3, -0.25) is 24.1 Å². The van der Waals surface area contributed by atoms with Crippen LogP contribution in [0.2, 0.25) is 0 Å². The summed E-state index contributed by atoms with van der Waals surface area (Å²) in [5.74, 6) is -0.205. The van der Waals surface area contributed by atoms with Crippen molar-refractivity contribution in [1.82, 2.24) is 24.8 Å². The Hall–Kier alpha value is -4.85. The molecule has 244 valence electrons. The second-order valence-corrected chi connectivity index (χ2v) is 12.2. The van der Waals surface area contributed by atoms with E-state index in [1.165, 1.54) is 16.8 Å². The van der Waals surface area contributed by atoms with Crippen molar-refractivity contribution in [3.05, 3.63) is 69.3 Å². The number of carbonyl (C=O) groups excluding carboxylic acids is 1. The van der Waals surface area contributed by atoms with Crippen molar-refractivity contribution in [2.75, 3.05) is 49.5 Å². The van der Waals surface area contributed by atoms with Crippen LogP contribution in [0.25, 0.3) is 16.7 Å². The minimum atomic E-state index is -4.58. The number of nitrogens with one attached hydrogen (secondary N) is 2. The number of allylic oxidation sites excluding steroid dienone is 2. The third-order valence-electron chi connectivity index (χ3n) is 8.95. The van der Waals surface area contributed by atoms with E-state index < -0.39 is 17.3 Å². The Kier molecular flexibility index (Phi) is 8.12. The van der Waals surface area contributed by atoms with Crippen molar-refractivity contribution < 1.29 is 18.0 Å². The number of benzene rings is 1. The normalized spacial score (nSPS) is 18.4. The van der Waals surface area contributed by atoms with Crippen LogP contribution in [0.4, 0.5) is 30.5 Å². The maximum absolute atomic E-state index is 14.2. The summed E-state index contributed by atoms with van der Waals surface area (Å²) >= 11 is 0. The summed E-state index contributed by atoms with van der Waals surface area (Å²) in [5, 5.41) is 6.55. The number of amides is 1. The van der Waals surface area contributed by atoms with Gasteiger partial charge in [0.1, 0.15) is 12.2 Å². The molecule has 0 radical (unpaired) electrons. The predicted molar refractivity (Wildman–Crippen MR) is 175 cm³/mol. The lowest BCUT2D eigenvalue weighted by Gasteiger charge is -2.31. The molecule has 6 heterocycles. The third kappa shape index (κ3) is 6.16. The zero-order valence-electron chi connectivity index (χ0n) is 25.9. The molecular weight excluding hydrogens is 611 g/mol. The molecule has 2 aromatic heterocycles. The number of hydrogen-bond acceptors (Lipinski definition) is 9. The van der Waals surface area contributed by atoms with Crippen molar-refractivity contribution in [3.8, 4) is 0 Å². The average molecular weight is 646 g/mol. The van der Waals surface area contributed by atoms with Crippen molar-refractivity contribution >= 4 is 51.9 Å². The van der Waals surface area contributed by atoms with Crippen molar-refractivity contribution in [2.24, 2.45) is 9.98 Å². The van der Waals surface area contributed by atoms with Gasteiger partial charge >= 0.3 is 6.18 Å². The van der Waals surface area contributed by atoms with Gasteiger partial charge < -0.3 is 20.4 Å². The molecule has 14 heteroatoms. The molecule has 0 atom stereocenters.